The Labute approximate surface area is 119 Å². The summed E-state index contributed by atoms with van der Waals surface area (Å²) in [5.74, 6) is 0. The quantitative estimate of drug-likeness (QED) is 0.660. The number of rotatable bonds is 2. The lowest BCUT2D eigenvalue weighted by Crippen LogP contribution is -2.09. The van der Waals surface area contributed by atoms with E-state index in [1.807, 2.05) is 30.3 Å². The predicted molar refractivity (Wildman–Crippen MR) is 75.9 cm³/mol. The van der Waals surface area contributed by atoms with Crippen molar-refractivity contribution in [1.29, 1.82) is 5.26 Å². The Balaban J connectivity index is 2.44. The van der Waals surface area contributed by atoms with Crippen LogP contribution in [0, 0.1) is 11.3 Å². The van der Waals surface area contributed by atoms with Crippen molar-refractivity contribution in [3.63, 3.8) is 0 Å². The maximum Gasteiger partial charge on any atom is 0.418 e. The molecular formula is C16H11F3N2. The van der Waals surface area contributed by atoms with E-state index in [2.05, 4.69) is 0 Å². The van der Waals surface area contributed by atoms with Gasteiger partial charge in [-0.1, -0.05) is 42.5 Å². The smallest absolute Gasteiger partial charge is 0.398 e. The molecule has 0 spiro atoms. The number of benzene rings is 2. The van der Waals surface area contributed by atoms with Gasteiger partial charge < -0.3 is 5.73 Å². The summed E-state index contributed by atoms with van der Waals surface area (Å²) in [4.78, 5) is 0. The minimum Gasteiger partial charge on any atom is -0.398 e. The first-order valence-electron chi connectivity index (χ1n) is 6.06. The Bertz CT molecular complexity index is 711. The van der Waals surface area contributed by atoms with Crippen molar-refractivity contribution in [3.8, 4) is 6.07 Å². The number of nitrogen functional groups attached to an aromatic ring is 1. The standard InChI is InChI=1S/C16H11F3N2/c17-16(18,19)14-8-13(10-20)12(9-15(14)21)7-6-11-4-2-1-3-5-11/h1-9H,21H2/b7-6+. The van der Waals surface area contributed by atoms with Gasteiger partial charge in [0, 0.05) is 5.69 Å². The zero-order chi connectivity index (χ0) is 15.5. The van der Waals surface area contributed by atoms with E-state index < -0.39 is 17.4 Å². The van der Waals surface area contributed by atoms with Crippen LogP contribution in [0.15, 0.2) is 42.5 Å². The topological polar surface area (TPSA) is 49.8 Å². The summed E-state index contributed by atoms with van der Waals surface area (Å²) in [5.41, 5.74) is 5.22. The minimum atomic E-state index is -4.57. The van der Waals surface area contributed by atoms with Gasteiger partial charge in [-0.05, 0) is 23.3 Å². The van der Waals surface area contributed by atoms with Crippen molar-refractivity contribution in [2.24, 2.45) is 0 Å². The summed E-state index contributed by atoms with van der Waals surface area (Å²) in [7, 11) is 0. The molecule has 0 aromatic heterocycles. The Morgan fingerprint density at radius 2 is 1.71 bits per heavy atom. The number of halogens is 3. The van der Waals surface area contributed by atoms with Crippen LogP contribution in [-0.2, 0) is 6.18 Å². The summed E-state index contributed by atoms with van der Waals surface area (Å²) in [6, 6.07) is 12.9. The third-order valence-electron chi connectivity index (χ3n) is 2.90. The van der Waals surface area contributed by atoms with Gasteiger partial charge >= 0.3 is 6.18 Å². The van der Waals surface area contributed by atoms with E-state index in [-0.39, 0.29) is 5.56 Å². The Kier molecular flexibility index (Phi) is 3.99. The number of hydrogen-bond acceptors (Lipinski definition) is 2. The molecule has 0 radical (unpaired) electrons. The highest BCUT2D eigenvalue weighted by Gasteiger charge is 2.33. The highest BCUT2D eigenvalue weighted by atomic mass is 19.4. The van der Waals surface area contributed by atoms with Crippen LogP contribution >= 0.6 is 0 Å². The first-order valence-corrected chi connectivity index (χ1v) is 6.06. The second kappa shape index (κ2) is 5.71. The average molecular weight is 288 g/mol. The lowest BCUT2D eigenvalue weighted by atomic mass is 10.0. The van der Waals surface area contributed by atoms with Gasteiger partial charge in [-0.3, -0.25) is 0 Å². The van der Waals surface area contributed by atoms with Crippen LogP contribution in [0.5, 0.6) is 0 Å². The molecule has 2 rings (SSSR count). The monoisotopic (exact) mass is 288 g/mol. The number of nitriles is 1. The lowest BCUT2D eigenvalue weighted by Gasteiger charge is -2.11. The van der Waals surface area contributed by atoms with E-state index in [1.165, 1.54) is 6.07 Å². The van der Waals surface area contributed by atoms with Crippen LogP contribution in [0.1, 0.15) is 22.3 Å². The molecule has 0 aliphatic rings. The molecule has 0 aliphatic heterocycles. The molecule has 0 saturated carbocycles. The molecule has 2 aromatic carbocycles. The third-order valence-corrected chi connectivity index (χ3v) is 2.90. The SMILES string of the molecule is N#Cc1cc(C(F)(F)F)c(N)cc1/C=C/c1ccccc1. The molecular weight excluding hydrogens is 277 g/mol. The predicted octanol–water partition coefficient (Wildman–Crippen LogP) is 4.33. The summed E-state index contributed by atoms with van der Waals surface area (Å²) < 4.78 is 38.2. The van der Waals surface area contributed by atoms with Crippen molar-refractivity contribution in [3.05, 3.63) is 64.7 Å². The summed E-state index contributed by atoms with van der Waals surface area (Å²) >= 11 is 0. The van der Waals surface area contributed by atoms with Crippen molar-refractivity contribution in [2.45, 2.75) is 6.18 Å². The van der Waals surface area contributed by atoms with Gasteiger partial charge in [-0.2, -0.15) is 18.4 Å². The van der Waals surface area contributed by atoms with Gasteiger partial charge in [0.1, 0.15) is 0 Å². The van der Waals surface area contributed by atoms with E-state index in [9.17, 15) is 13.2 Å². The van der Waals surface area contributed by atoms with E-state index in [1.54, 1.807) is 18.2 Å². The van der Waals surface area contributed by atoms with Gasteiger partial charge in [0.25, 0.3) is 0 Å². The Morgan fingerprint density at radius 1 is 1.05 bits per heavy atom. The molecule has 106 valence electrons. The minimum absolute atomic E-state index is 0.0660. The lowest BCUT2D eigenvalue weighted by molar-refractivity contribution is -0.136. The normalized spacial score (nSPS) is 11.5. The van der Waals surface area contributed by atoms with Crippen LogP contribution < -0.4 is 5.73 Å². The third kappa shape index (κ3) is 3.42. The molecule has 5 heteroatoms. The molecule has 0 fully saturated rings. The van der Waals surface area contributed by atoms with E-state index in [0.29, 0.717) is 5.56 Å². The highest BCUT2D eigenvalue weighted by Crippen LogP contribution is 2.35. The first-order chi connectivity index (χ1) is 9.91. The number of nitrogens with zero attached hydrogens (tertiary/aromatic N) is 1. The Hall–Kier alpha value is -2.74. The number of hydrogen-bond donors (Lipinski definition) is 1. The Morgan fingerprint density at radius 3 is 2.29 bits per heavy atom. The molecule has 0 atom stereocenters. The molecule has 0 unspecified atom stereocenters. The van der Waals surface area contributed by atoms with Crippen LogP contribution in [0.2, 0.25) is 0 Å². The van der Waals surface area contributed by atoms with E-state index in [4.69, 9.17) is 11.0 Å². The van der Waals surface area contributed by atoms with Gasteiger partial charge in [0.2, 0.25) is 0 Å². The van der Waals surface area contributed by atoms with Gasteiger partial charge in [-0.15, -0.1) is 0 Å². The summed E-state index contributed by atoms with van der Waals surface area (Å²) in [5, 5.41) is 9.00. The average Bonchev–Trinajstić information content (AvgIpc) is 2.45. The van der Waals surface area contributed by atoms with Crippen molar-refractivity contribution in [1.82, 2.24) is 0 Å². The maximum absolute atomic E-state index is 12.7. The molecule has 2 nitrogen and oxygen atoms in total. The fraction of sp³-hybridized carbons (Fsp3) is 0.0625. The van der Waals surface area contributed by atoms with Gasteiger partial charge in [-0.25, -0.2) is 0 Å². The highest BCUT2D eigenvalue weighted by molar-refractivity contribution is 5.75. The molecule has 0 aliphatic carbocycles. The first kappa shape index (κ1) is 14.7. The fourth-order valence-corrected chi connectivity index (χ4v) is 1.86. The second-order valence-corrected chi connectivity index (χ2v) is 4.38. The molecule has 0 saturated heterocycles. The van der Waals surface area contributed by atoms with E-state index >= 15 is 0 Å². The number of alkyl halides is 3. The number of anilines is 1. The number of nitrogens with two attached hydrogens (primary N) is 1. The molecule has 21 heavy (non-hydrogen) atoms. The van der Waals surface area contributed by atoms with Crippen LogP contribution in [0.3, 0.4) is 0 Å². The zero-order valence-electron chi connectivity index (χ0n) is 10.9. The molecule has 0 bridgehead atoms. The molecule has 0 heterocycles. The van der Waals surface area contributed by atoms with Crippen molar-refractivity contribution >= 4 is 17.8 Å². The van der Waals surface area contributed by atoms with E-state index in [0.717, 1.165) is 11.6 Å². The molecule has 0 amide bonds. The molecule has 2 aromatic rings. The second-order valence-electron chi connectivity index (χ2n) is 4.38. The van der Waals surface area contributed by atoms with Crippen molar-refractivity contribution < 1.29 is 13.2 Å². The summed E-state index contributed by atoms with van der Waals surface area (Å²) in [6.07, 6.45) is -1.29. The van der Waals surface area contributed by atoms with Crippen LogP contribution in [0.25, 0.3) is 12.2 Å². The summed E-state index contributed by atoms with van der Waals surface area (Å²) in [6.45, 7) is 0. The largest absolute Gasteiger partial charge is 0.418 e. The van der Waals surface area contributed by atoms with Crippen molar-refractivity contribution in [2.75, 3.05) is 5.73 Å². The van der Waals surface area contributed by atoms with Gasteiger partial charge in [0.05, 0.1) is 17.2 Å². The maximum atomic E-state index is 12.7. The van der Waals surface area contributed by atoms with Crippen LogP contribution in [-0.4, -0.2) is 0 Å². The molecule has 2 N–H and O–H groups in total. The fourth-order valence-electron chi connectivity index (χ4n) is 1.86. The van der Waals surface area contributed by atoms with Gasteiger partial charge in [0.15, 0.2) is 0 Å². The zero-order valence-corrected chi connectivity index (χ0v) is 10.9. The van der Waals surface area contributed by atoms with Crippen LogP contribution in [0.4, 0.5) is 18.9 Å².